The van der Waals surface area contributed by atoms with Crippen molar-refractivity contribution in [3.8, 4) is 0 Å². The maximum Gasteiger partial charge on any atom is 0.345 e. The first kappa shape index (κ1) is 23.9. The van der Waals surface area contributed by atoms with Crippen LogP contribution in [-0.4, -0.2) is 60.9 Å². The lowest BCUT2D eigenvalue weighted by Gasteiger charge is -2.35. The highest BCUT2D eigenvalue weighted by Crippen LogP contribution is 2.24. The summed E-state index contributed by atoms with van der Waals surface area (Å²) in [5.74, 6) is -1.35. The Kier molecular flexibility index (Phi) is 10.9. The second-order valence-corrected chi connectivity index (χ2v) is 7.23. The summed E-state index contributed by atoms with van der Waals surface area (Å²) >= 11 is 6.46. The minimum absolute atomic E-state index is 0.0593. The van der Waals surface area contributed by atoms with E-state index in [1.807, 2.05) is 13.2 Å². The number of thioether (sulfide) groups is 1. The fourth-order valence-electron chi connectivity index (χ4n) is 2.57. The van der Waals surface area contributed by atoms with Gasteiger partial charge in [0.05, 0.1) is 19.8 Å². The number of rotatable bonds is 8. The largest absolute Gasteiger partial charge is 0.470 e. The van der Waals surface area contributed by atoms with Crippen LogP contribution in [0.5, 0.6) is 0 Å². The lowest BCUT2D eigenvalue weighted by Crippen LogP contribution is -2.44. The molecule has 0 aliphatic carbocycles. The van der Waals surface area contributed by atoms with Crippen molar-refractivity contribution in [2.75, 3.05) is 26.1 Å². The van der Waals surface area contributed by atoms with Gasteiger partial charge >= 0.3 is 11.9 Å². The Morgan fingerprint density at radius 2 is 1.78 bits per heavy atom. The SMILES string of the molecule is CCOC(=O)C(C(=O)OCC)=C(C)CC[C@H]1O[C@@H](C)OC[C@H]1OC(=S)SC. The number of ether oxygens (including phenoxy) is 5. The highest BCUT2D eigenvalue weighted by Gasteiger charge is 2.33. The van der Waals surface area contributed by atoms with Crippen molar-refractivity contribution in [3.05, 3.63) is 11.1 Å². The Morgan fingerprint density at radius 3 is 2.30 bits per heavy atom. The van der Waals surface area contributed by atoms with E-state index in [0.717, 1.165) is 0 Å². The summed E-state index contributed by atoms with van der Waals surface area (Å²) in [5.41, 5.74) is 0.525. The van der Waals surface area contributed by atoms with E-state index in [4.69, 9.17) is 35.9 Å². The van der Waals surface area contributed by atoms with Gasteiger partial charge in [-0.25, -0.2) is 9.59 Å². The third-order valence-corrected chi connectivity index (χ3v) is 4.91. The van der Waals surface area contributed by atoms with Crippen molar-refractivity contribution < 1.29 is 33.3 Å². The Labute approximate surface area is 170 Å². The Bertz CT molecular complexity index is 542. The second-order valence-electron chi connectivity index (χ2n) is 5.82. The summed E-state index contributed by atoms with van der Waals surface area (Å²) in [6, 6.07) is 0. The first-order chi connectivity index (χ1) is 12.8. The van der Waals surface area contributed by atoms with Gasteiger partial charge in [0.15, 0.2) is 6.29 Å². The van der Waals surface area contributed by atoms with Gasteiger partial charge in [0.25, 0.3) is 0 Å². The predicted molar refractivity (Wildman–Crippen MR) is 106 cm³/mol. The van der Waals surface area contributed by atoms with Crippen LogP contribution >= 0.6 is 24.0 Å². The minimum Gasteiger partial charge on any atom is -0.470 e. The second kappa shape index (κ2) is 12.3. The van der Waals surface area contributed by atoms with Gasteiger partial charge in [-0.2, -0.15) is 0 Å². The molecule has 0 amide bonds. The molecule has 0 aromatic carbocycles. The van der Waals surface area contributed by atoms with Crippen LogP contribution in [0, 0.1) is 0 Å². The van der Waals surface area contributed by atoms with E-state index in [-0.39, 0.29) is 37.3 Å². The topological polar surface area (TPSA) is 80.3 Å². The van der Waals surface area contributed by atoms with Crippen LogP contribution in [0.2, 0.25) is 0 Å². The quantitative estimate of drug-likeness (QED) is 0.193. The van der Waals surface area contributed by atoms with E-state index < -0.39 is 11.9 Å². The molecule has 0 aromatic rings. The number of esters is 2. The van der Waals surface area contributed by atoms with Crippen molar-refractivity contribution in [2.45, 2.75) is 59.0 Å². The molecule has 1 fully saturated rings. The molecule has 0 saturated carbocycles. The first-order valence-corrected chi connectivity index (χ1v) is 10.5. The molecule has 0 spiro atoms. The molecule has 0 aromatic heterocycles. The van der Waals surface area contributed by atoms with Crippen molar-refractivity contribution in [3.63, 3.8) is 0 Å². The summed E-state index contributed by atoms with van der Waals surface area (Å²) in [5, 5.41) is 0. The van der Waals surface area contributed by atoms with Gasteiger partial charge in [-0.1, -0.05) is 17.3 Å². The molecule has 0 bridgehead atoms. The Balaban J connectivity index is 2.89. The molecule has 27 heavy (non-hydrogen) atoms. The number of carbonyl (C=O) groups excluding carboxylic acids is 2. The average Bonchev–Trinajstić information content (AvgIpc) is 2.62. The number of hydrogen-bond donors (Lipinski definition) is 0. The predicted octanol–water partition coefficient (Wildman–Crippen LogP) is 3.00. The van der Waals surface area contributed by atoms with Crippen molar-refractivity contribution in [1.82, 2.24) is 0 Å². The molecule has 1 rings (SSSR count). The zero-order valence-corrected chi connectivity index (χ0v) is 18.1. The molecule has 1 saturated heterocycles. The molecule has 0 N–H and O–H groups in total. The molecule has 9 heteroatoms. The van der Waals surface area contributed by atoms with Gasteiger partial charge in [0.2, 0.25) is 4.38 Å². The van der Waals surface area contributed by atoms with Crippen molar-refractivity contribution >= 4 is 40.3 Å². The molecule has 0 unspecified atom stereocenters. The van der Waals surface area contributed by atoms with Gasteiger partial charge < -0.3 is 23.7 Å². The summed E-state index contributed by atoms with van der Waals surface area (Å²) in [6.45, 7) is 7.61. The van der Waals surface area contributed by atoms with Crippen LogP contribution in [0.25, 0.3) is 0 Å². The summed E-state index contributed by atoms with van der Waals surface area (Å²) < 4.78 is 27.4. The van der Waals surface area contributed by atoms with Gasteiger partial charge in [0.1, 0.15) is 17.8 Å². The van der Waals surface area contributed by atoms with Crippen molar-refractivity contribution in [1.29, 1.82) is 0 Å². The van der Waals surface area contributed by atoms with E-state index >= 15 is 0 Å². The number of thiocarbonyl (C=S) groups is 1. The first-order valence-electron chi connectivity index (χ1n) is 8.89. The van der Waals surface area contributed by atoms with E-state index in [2.05, 4.69) is 0 Å². The number of hydrogen-bond acceptors (Lipinski definition) is 9. The van der Waals surface area contributed by atoms with Gasteiger partial charge in [-0.05, 0) is 59.0 Å². The van der Waals surface area contributed by atoms with Gasteiger partial charge in [-0.3, -0.25) is 0 Å². The highest BCUT2D eigenvalue weighted by molar-refractivity contribution is 8.22. The van der Waals surface area contributed by atoms with Crippen LogP contribution in [0.1, 0.15) is 40.5 Å². The fourth-order valence-corrected chi connectivity index (χ4v) is 2.91. The smallest absolute Gasteiger partial charge is 0.345 e. The highest BCUT2D eigenvalue weighted by atomic mass is 32.2. The number of carbonyl (C=O) groups is 2. The summed E-state index contributed by atoms with van der Waals surface area (Å²) in [7, 11) is 0. The molecule has 3 atom stereocenters. The standard InChI is InChI=1S/C18H28O7S2/c1-6-21-16(19)15(17(20)22-7-2)11(3)8-9-13-14(25-18(26)27-5)10-23-12(4)24-13/h12-14H,6-10H2,1-5H3/t12-,13+,14+/m0/s1. The third kappa shape index (κ3) is 7.77. The zero-order valence-electron chi connectivity index (χ0n) is 16.4. The van der Waals surface area contributed by atoms with E-state index in [1.54, 1.807) is 20.8 Å². The molecule has 1 heterocycles. The maximum absolute atomic E-state index is 12.2. The number of allylic oxidation sites excluding steroid dienone is 1. The monoisotopic (exact) mass is 420 g/mol. The summed E-state index contributed by atoms with van der Waals surface area (Å²) in [6.07, 6.45) is 1.82. The normalized spacial score (nSPS) is 21.9. The average molecular weight is 421 g/mol. The van der Waals surface area contributed by atoms with Gasteiger partial charge in [0, 0.05) is 0 Å². The third-order valence-electron chi connectivity index (χ3n) is 3.88. The fraction of sp³-hybridized carbons (Fsp3) is 0.722. The minimum atomic E-state index is -0.675. The maximum atomic E-state index is 12.2. The van der Waals surface area contributed by atoms with Crippen LogP contribution in [0.15, 0.2) is 11.1 Å². The Morgan fingerprint density at radius 1 is 1.19 bits per heavy atom. The summed E-state index contributed by atoms with van der Waals surface area (Å²) in [4.78, 5) is 24.4. The van der Waals surface area contributed by atoms with Crippen LogP contribution < -0.4 is 0 Å². The molecular weight excluding hydrogens is 392 g/mol. The van der Waals surface area contributed by atoms with Crippen LogP contribution in [0.3, 0.4) is 0 Å². The molecule has 154 valence electrons. The zero-order chi connectivity index (χ0) is 20.4. The van der Waals surface area contributed by atoms with Gasteiger partial charge in [-0.15, -0.1) is 0 Å². The molecule has 0 radical (unpaired) electrons. The lowest BCUT2D eigenvalue weighted by molar-refractivity contribution is -0.241. The molecular formula is C18H28O7S2. The van der Waals surface area contributed by atoms with Crippen molar-refractivity contribution in [2.24, 2.45) is 0 Å². The lowest BCUT2D eigenvalue weighted by atomic mass is 10.00. The molecule has 1 aliphatic rings. The van der Waals surface area contributed by atoms with E-state index in [1.165, 1.54) is 11.8 Å². The molecule has 7 nitrogen and oxygen atoms in total. The van der Waals surface area contributed by atoms with E-state index in [0.29, 0.717) is 29.4 Å². The molecule has 1 aliphatic heterocycles. The van der Waals surface area contributed by atoms with E-state index in [9.17, 15) is 9.59 Å². The van der Waals surface area contributed by atoms with Crippen LogP contribution in [0.4, 0.5) is 0 Å². The Hall–Kier alpha value is -1.16. The van der Waals surface area contributed by atoms with Crippen LogP contribution in [-0.2, 0) is 33.3 Å².